The minimum atomic E-state index is -0.260. The minimum Gasteiger partial charge on any atom is -0.490 e. The van der Waals surface area contributed by atoms with Crippen LogP contribution < -0.4 is 19.9 Å². The van der Waals surface area contributed by atoms with Gasteiger partial charge in [0.2, 0.25) is 0 Å². The van der Waals surface area contributed by atoms with Crippen molar-refractivity contribution in [3.8, 4) is 17.2 Å². The van der Waals surface area contributed by atoms with Crippen LogP contribution in [0.1, 0.15) is 19.3 Å². The number of carbonyl (C=O) groups is 1. The van der Waals surface area contributed by atoms with Crippen molar-refractivity contribution in [3.63, 3.8) is 0 Å². The highest BCUT2D eigenvalue weighted by molar-refractivity contribution is 9.10. The molecule has 0 unspecified atom stereocenters. The summed E-state index contributed by atoms with van der Waals surface area (Å²) in [4.78, 5) is 11.7. The number of carbonyl (C=O) groups excluding carboxylic acids is 1. The van der Waals surface area contributed by atoms with Gasteiger partial charge in [-0.05, 0) is 55.8 Å². The molecule has 0 heterocycles. The van der Waals surface area contributed by atoms with Crippen molar-refractivity contribution in [1.82, 2.24) is 0 Å². The van der Waals surface area contributed by atoms with Gasteiger partial charge in [0.1, 0.15) is 30.5 Å². The summed E-state index contributed by atoms with van der Waals surface area (Å²) in [6.45, 7) is 1.40. The topological polar surface area (TPSA) is 70.8 Å². The van der Waals surface area contributed by atoms with Crippen LogP contribution in [0.5, 0.6) is 17.2 Å². The molecular weight excluding hydrogens is 386 g/mol. The van der Waals surface area contributed by atoms with Gasteiger partial charge in [0.15, 0.2) is 0 Å². The van der Waals surface area contributed by atoms with Crippen molar-refractivity contribution in [2.45, 2.75) is 19.3 Å². The molecule has 0 saturated carbocycles. The molecule has 0 fully saturated rings. The molecule has 0 spiro atoms. The van der Waals surface area contributed by atoms with E-state index < -0.39 is 0 Å². The van der Waals surface area contributed by atoms with Gasteiger partial charge >= 0.3 is 5.97 Å². The van der Waals surface area contributed by atoms with Crippen LogP contribution in [0.15, 0.2) is 53.0 Å². The second-order valence-corrected chi connectivity index (χ2v) is 6.26. The van der Waals surface area contributed by atoms with E-state index in [1.807, 2.05) is 30.3 Å². The minimum absolute atomic E-state index is 0.260. The second-order valence-electron chi connectivity index (χ2n) is 5.35. The Morgan fingerprint density at radius 1 is 0.920 bits per heavy atom. The molecule has 0 aliphatic heterocycles. The Kier molecular flexibility index (Phi) is 8.28. The average molecular weight is 408 g/mol. The predicted molar refractivity (Wildman–Crippen MR) is 100 cm³/mol. The van der Waals surface area contributed by atoms with E-state index in [0.29, 0.717) is 37.7 Å². The van der Waals surface area contributed by atoms with E-state index in [9.17, 15) is 4.79 Å². The van der Waals surface area contributed by atoms with Gasteiger partial charge in [0.25, 0.3) is 0 Å². The molecule has 0 aliphatic rings. The van der Waals surface area contributed by atoms with Gasteiger partial charge in [-0.1, -0.05) is 22.0 Å². The maximum absolute atomic E-state index is 11.7. The Bertz CT molecular complexity index is 661. The van der Waals surface area contributed by atoms with Crippen molar-refractivity contribution in [2.24, 2.45) is 5.73 Å². The van der Waals surface area contributed by atoms with Gasteiger partial charge in [-0.25, -0.2) is 0 Å². The summed E-state index contributed by atoms with van der Waals surface area (Å²) in [7, 11) is 0. The molecule has 5 nitrogen and oxygen atoms in total. The van der Waals surface area contributed by atoms with Gasteiger partial charge in [-0.3, -0.25) is 4.79 Å². The third-order valence-corrected chi connectivity index (χ3v) is 3.84. The number of ether oxygens (including phenoxy) is 3. The number of unbranched alkanes of at least 4 members (excludes halogenated alkanes) is 1. The zero-order valence-corrected chi connectivity index (χ0v) is 15.5. The van der Waals surface area contributed by atoms with Crippen LogP contribution in [0.25, 0.3) is 0 Å². The van der Waals surface area contributed by atoms with E-state index in [-0.39, 0.29) is 5.97 Å². The van der Waals surface area contributed by atoms with Crippen LogP contribution >= 0.6 is 15.9 Å². The zero-order valence-electron chi connectivity index (χ0n) is 13.9. The molecular formula is C19H22BrNO4. The lowest BCUT2D eigenvalue weighted by atomic mass is 10.2. The van der Waals surface area contributed by atoms with Crippen LogP contribution in [0.2, 0.25) is 0 Å². The van der Waals surface area contributed by atoms with E-state index in [1.165, 1.54) is 0 Å². The van der Waals surface area contributed by atoms with Crippen LogP contribution in [0, 0.1) is 0 Å². The largest absolute Gasteiger partial charge is 0.490 e. The smallest absolute Gasteiger partial charge is 0.311 e. The van der Waals surface area contributed by atoms with E-state index >= 15 is 0 Å². The first-order chi connectivity index (χ1) is 12.2. The molecule has 2 N–H and O–H groups in total. The van der Waals surface area contributed by atoms with Crippen LogP contribution in [-0.4, -0.2) is 25.7 Å². The highest BCUT2D eigenvalue weighted by atomic mass is 79.9. The van der Waals surface area contributed by atoms with E-state index in [1.54, 1.807) is 18.2 Å². The molecule has 25 heavy (non-hydrogen) atoms. The van der Waals surface area contributed by atoms with Crippen LogP contribution in [-0.2, 0) is 4.79 Å². The van der Waals surface area contributed by atoms with Gasteiger partial charge < -0.3 is 19.9 Å². The molecule has 0 aliphatic carbocycles. The third-order valence-electron chi connectivity index (χ3n) is 3.31. The van der Waals surface area contributed by atoms with Crippen molar-refractivity contribution in [2.75, 3.05) is 19.8 Å². The molecule has 0 aromatic heterocycles. The van der Waals surface area contributed by atoms with Crippen LogP contribution in [0.4, 0.5) is 0 Å². The standard InChI is InChI=1S/C19H22BrNO4/c20-15-7-9-16(10-8-15)23-12-13-24-17-4-3-5-18(14-17)25-19(22)6-1-2-11-21/h3-5,7-10,14H,1-2,6,11-13,21H2. The number of hydrogen-bond acceptors (Lipinski definition) is 5. The highest BCUT2D eigenvalue weighted by Crippen LogP contribution is 2.20. The maximum atomic E-state index is 11.7. The number of benzene rings is 2. The maximum Gasteiger partial charge on any atom is 0.311 e. The fourth-order valence-corrected chi connectivity index (χ4v) is 2.34. The summed E-state index contributed by atoms with van der Waals surface area (Å²) < 4.78 is 17.5. The Hall–Kier alpha value is -2.05. The monoisotopic (exact) mass is 407 g/mol. The Morgan fingerprint density at radius 3 is 2.32 bits per heavy atom. The number of nitrogens with two attached hydrogens (primary N) is 1. The Balaban J connectivity index is 1.73. The number of halogens is 1. The quantitative estimate of drug-likeness (QED) is 0.366. The molecule has 0 bridgehead atoms. The Labute approximate surface area is 156 Å². The summed E-state index contributed by atoms with van der Waals surface area (Å²) in [6, 6.07) is 14.6. The molecule has 2 aromatic rings. The first kappa shape index (κ1) is 19.3. The first-order valence-electron chi connectivity index (χ1n) is 8.19. The summed E-state index contributed by atoms with van der Waals surface area (Å²) in [6.07, 6.45) is 1.92. The molecule has 0 atom stereocenters. The second kappa shape index (κ2) is 10.7. The van der Waals surface area contributed by atoms with Gasteiger partial charge in [0, 0.05) is 17.0 Å². The molecule has 2 rings (SSSR count). The first-order valence-corrected chi connectivity index (χ1v) is 8.98. The van der Waals surface area contributed by atoms with E-state index in [4.69, 9.17) is 19.9 Å². The number of esters is 1. The fourth-order valence-electron chi connectivity index (χ4n) is 2.07. The summed E-state index contributed by atoms with van der Waals surface area (Å²) in [5.74, 6) is 1.63. The van der Waals surface area contributed by atoms with Gasteiger partial charge in [-0.2, -0.15) is 0 Å². The molecule has 6 heteroatoms. The SMILES string of the molecule is NCCCCC(=O)Oc1cccc(OCCOc2ccc(Br)cc2)c1. The predicted octanol–water partition coefficient (Wildman–Crippen LogP) is 3.94. The lowest BCUT2D eigenvalue weighted by molar-refractivity contribution is -0.134. The van der Waals surface area contributed by atoms with Crippen molar-refractivity contribution in [1.29, 1.82) is 0 Å². The molecule has 0 radical (unpaired) electrons. The van der Waals surface area contributed by atoms with Crippen molar-refractivity contribution >= 4 is 21.9 Å². The van der Waals surface area contributed by atoms with Gasteiger partial charge in [-0.15, -0.1) is 0 Å². The number of rotatable bonds is 10. The summed E-state index contributed by atoms with van der Waals surface area (Å²) in [5.41, 5.74) is 5.41. The third kappa shape index (κ3) is 7.58. The normalized spacial score (nSPS) is 10.3. The average Bonchev–Trinajstić information content (AvgIpc) is 2.61. The molecule has 134 valence electrons. The van der Waals surface area contributed by atoms with Crippen molar-refractivity contribution in [3.05, 3.63) is 53.0 Å². The van der Waals surface area contributed by atoms with E-state index in [0.717, 1.165) is 23.1 Å². The highest BCUT2D eigenvalue weighted by Gasteiger charge is 2.05. The lowest BCUT2D eigenvalue weighted by Gasteiger charge is -2.10. The lowest BCUT2D eigenvalue weighted by Crippen LogP contribution is -2.10. The number of hydrogen-bond donors (Lipinski definition) is 1. The molecule has 0 amide bonds. The van der Waals surface area contributed by atoms with E-state index in [2.05, 4.69) is 15.9 Å². The fraction of sp³-hybridized carbons (Fsp3) is 0.316. The summed E-state index contributed by atoms with van der Waals surface area (Å²) >= 11 is 3.38. The summed E-state index contributed by atoms with van der Waals surface area (Å²) in [5, 5.41) is 0. The Morgan fingerprint density at radius 2 is 1.60 bits per heavy atom. The molecule has 0 saturated heterocycles. The zero-order chi connectivity index (χ0) is 17.9. The van der Waals surface area contributed by atoms with Gasteiger partial charge in [0.05, 0.1) is 0 Å². The molecule has 2 aromatic carbocycles. The van der Waals surface area contributed by atoms with Crippen molar-refractivity contribution < 1.29 is 19.0 Å². The van der Waals surface area contributed by atoms with Crippen LogP contribution in [0.3, 0.4) is 0 Å².